The third kappa shape index (κ3) is 5.39. The van der Waals surface area contributed by atoms with Crippen molar-refractivity contribution in [3.63, 3.8) is 0 Å². The van der Waals surface area contributed by atoms with Crippen LogP contribution in [0.4, 0.5) is 5.13 Å². The first-order chi connectivity index (χ1) is 20.1. The van der Waals surface area contributed by atoms with Crippen LogP contribution in [0.2, 0.25) is 0 Å². The number of fused-ring (bicyclic) bond motifs is 1. The number of rotatable bonds is 9. The molecule has 1 fully saturated rings. The minimum absolute atomic E-state index is 0.0134. The average molecular weight is 585 g/mol. The Kier molecular flexibility index (Phi) is 8.36. The number of ketones is 1. The Morgan fingerprint density at radius 1 is 0.952 bits per heavy atom. The minimum Gasteiger partial charge on any atom is -0.507 e. The van der Waals surface area contributed by atoms with E-state index in [-0.39, 0.29) is 11.3 Å². The number of Topliss-reactive ketones (excluding diaryl/α,β-unsaturated/α-hetero) is 1. The number of hydrogen-bond donors (Lipinski definition) is 1. The highest BCUT2D eigenvalue weighted by atomic mass is 32.1. The standard InChI is InChI=1S/C34H36N2O5S/c1-7-8-9-14-41-25-13-12-23(18-26(25)40-6)30-28(31(37)24-16-19(2)10-11-21(24)4)32(38)33(39)36(30)34-35-29-22(5)15-20(3)17-27(29)42-34/h10-13,15-18,30,37H,7-9,14H2,1-6H3/b31-28+. The fourth-order valence-electron chi connectivity index (χ4n) is 5.45. The van der Waals surface area contributed by atoms with Gasteiger partial charge in [-0.1, -0.05) is 60.9 Å². The number of nitrogens with zero attached hydrogens (tertiary/aromatic N) is 2. The Labute approximate surface area is 250 Å². The van der Waals surface area contributed by atoms with E-state index in [0.29, 0.717) is 34.4 Å². The number of unbranched alkanes of at least 4 members (excludes halogenated alkanes) is 2. The monoisotopic (exact) mass is 584 g/mol. The molecule has 1 aromatic heterocycles. The van der Waals surface area contributed by atoms with Gasteiger partial charge in [0.15, 0.2) is 16.6 Å². The van der Waals surface area contributed by atoms with Gasteiger partial charge in [0.25, 0.3) is 5.78 Å². The zero-order valence-electron chi connectivity index (χ0n) is 24.9. The fourth-order valence-corrected chi connectivity index (χ4v) is 6.62. The van der Waals surface area contributed by atoms with Crippen LogP contribution < -0.4 is 14.4 Å². The number of aromatic nitrogens is 1. The van der Waals surface area contributed by atoms with Crippen molar-refractivity contribution >= 4 is 44.1 Å². The molecular weight excluding hydrogens is 548 g/mol. The van der Waals surface area contributed by atoms with Gasteiger partial charge in [0, 0.05) is 5.56 Å². The zero-order chi connectivity index (χ0) is 30.1. The van der Waals surface area contributed by atoms with Crippen molar-refractivity contribution in [1.29, 1.82) is 0 Å². The highest BCUT2D eigenvalue weighted by Crippen LogP contribution is 2.46. The molecule has 4 aromatic rings. The van der Waals surface area contributed by atoms with Gasteiger partial charge >= 0.3 is 5.91 Å². The number of aliphatic hydroxyl groups is 1. The van der Waals surface area contributed by atoms with Gasteiger partial charge < -0.3 is 14.6 Å². The van der Waals surface area contributed by atoms with Crippen molar-refractivity contribution in [3.8, 4) is 11.5 Å². The number of carbonyl (C=O) groups excluding carboxylic acids is 2. The van der Waals surface area contributed by atoms with Gasteiger partial charge in [-0.05, 0) is 80.6 Å². The van der Waals surface area contributed by atoms with E-state index >= 15 is 0 Å². The second-order valence-electron chi connectivity index (χ2n) is 10.9. The summed E-state index contributed by atoms with van der Waals surface area (Å²) >= 11 is 1.35. The van der Waals surface area contributed by atoms with E-state index in [9.17, 15) is 14.7 Å². The van der Waals surface area contributed by atoms with Gasteiger partial charge in [-0.25, -0.2) is 4.98 Å². The van der Waals surface area contributed by atoms with Crippen LogP contribution >= 0.6 is 11.3 Å². The van der Waals surface area contributed by atoms with E-state index in [0.717, 1.165) is 51.7 Å². The molecule has 3 aromatic carbocycles. The Balaban J connectivity index is 1.70. The molecule has 1 saturated heterocycles. The van der Waals surface area contributed by atoms with Crippen molar-refractivity contribution in [2.75, 3.05) is 18.6 Å². The summed E-state index contributed by atoms with van der Waals surface area (Å²) in [5.74, 6) is -0.648. The number of benzene rings is 3. The number of aliphatic hydroxyl groups excluding tert-OH is 1. The summed E-state index contributed by atoms with van der Waals surface area (Å²) < 4.78 is 12.6. The normalized spacial score (nSPS) is 16.4. The average Bonchev–Trinajstić information content (AvgIpc) is 3.50. The quantitative estimate of drug-likeness (QED) is 0.0937. The van der Waals surface area contributed by atoms with Gasteiger partial charge in [-0.2, -0.15) is 0 Å². The van der Waals surface area contributed by atoms with Crippen LogP contribution in [-0.4, -0.2) is 35.5 Å². The predicted octanol–water partition coefficient (Wildman–Crippen LogP) is 7.73. The molecular formula is C34H36N2O5S. The molecule has 1 atom stereocenters. The molecule has 8 heteroatoms. The summed E-state index contributed by atoms with van der Waals surface area (Å²) in [5, 5.41) is 12.1. The number of ether oxygens (including phenoxy) is 2. The predicted molar refractivity (Wildman–Crippen MR) is 168 cm³/mol. The lowest BCUT2D eigenvalue weighted by Gasteiger charge is -2.24. The summed E-state index contributed by atoms with van der Waals surface area (Å²) in [6, 6.07) is 14.2. The topological polar surface area (TPSA) is 89.0 Å². The zero-order valence-corrected chi connectivity index (χ0v) is 25.7. The van der Waals surface area contributed by atoms with Crippen LogP contribution in [0.25, 0.3) is 16.0 Å². The molecule has 0 bridgehead atoms. The van der Waals surface area contributed by atoms with E-state index in [4.69, 9.17) is 14.5 Å². The first-order valence-electron chi connectivity index (χ1n) is 14.2. The maximum absolute atomic E-state index is 13.8. The van der Waals surface area contributed by atoms with Crippen molar-refractivity contribution in [3.05, 3.63) is 87.5 Å². The summed E-state index contributed by atoms with van der Waals surface area (Å²) in [4.78, 5) is 33.8. The van der Waals surface area contributed by atoms with Crippen molar-refractivity contribution in [1.82, 2.24) is 4.98 Å². The lowest BCUT2D eigenvalue weighted by atomic mass is 9.93. The molecule has 0 radical (unpaired) electrons. The molecule has 218 valence electrons. The smallest absolute Gasteiger partial charge is 0.301 e. The number of hydrogen-bond acceptors (Lipinski definition) is 7. The van der Waals surface area contributed by atoms with Gasteiger partial charge in [-0.3, -0.25) is 14.5 Å². The Morgan fingerprint density at radius 3 is 2.48 bits per heavy atom. The molecule has 1 aliphatic heterocycles. The van der Waals surface area contributed by atoms with Gasteiger partial charge in [0.2, 0.25) is 0 Å². The number of methoxy groups -OCH3 is 1. The lowest BCUT2D eigenvalue weighted by molar-refractivity contribution is -0.132. The van der Waals surface area contributed by atoms with E-state index < -0.39 is 17.7 Å². The highest BCUT2D eigenvalue weighted by Gasteiger charge is 2.48. The SMILES string of the molecule is CCCCCOc1ccc(C2/C(=C(\O)c3cc(C)ccc3C)C(=O)C(=O)N2c2nc3c(C)cc(C)cc3s2)cc1OC. The lowest BCUT2D eigenvalue weighted by Crippen LogP contribution is -2.29. The van der Waals surface area contributed by atoms with E-state index in [1.54, 1.807) is 19.2 Å². The van der Waals surface area contributed by atoms with Crippen LogP contribution in [-0.2, 0) is 9.59 Å². The van der Waals surface area contributed by atoms with Crippen LogP contribution in [0.3, 0.4) is 0 Å². The van der Waals surface area contributed by atoms with E-state index in [2.05, 4.69) is 6.92 Å². The van der Waals surface area contributed by atoms with Gasteiger partial charge in [0.1, 0.15) is 5.76 Å². The van der Waals surface area contributed by atoms with Crippen molar-refractivity contribution in [2.24, 2.45) is 0 Å². The molecule has 1 aliphatic rings. The maximum atomic E-state index is 13.8. The second-order valence-corrected chi connectivity index (χ2v) is 11.9. The van der Waals surface area contributed by atoms with Crippen LogP contribution in [0.15, 0.2) is 54.1 Å². The molecule has 1 amide bonds. The highest BCUT2D eigenvalue weighted by molar-refractivity contribution is 7.22. The molecule has 0 spiro atoms. The summed E-state index contributed by atoms with van der Waals surface area (Å²) in [7, 11) is 1.56. The first-order valence-corrected chi connectivity index (χ1v) is 15.0. The third-order valence-corrected chi connectivity index (χ3v) is 8.63. The van der Waals surface area contributed by atoms with Crippen LogP contribution in [0.1, 0.15) is 65.6 Å². The summed E-state index contributed by atoms with van der Waals surface area (Å²) in [5.41, 5.74) is 5.70. The molecule has 42 heavy (non-hydrogen) atoms. The number of aryl methyl sites for hydroxylation is 4. The van der Waals surface area contributed by atoms with Gasteiger partial charge in [0.05, 0.1) is 35.5 Å². The molecule has 0 saturated carbocycles. The summed E-state index contributed by atoms with van der Waals surface area (Å²) in [6.45, 7) is 10.5. The van der Waals surface area contributed by atoms with E-state index in [1.807, 2.05) is 64.1 Å². The van der Waals surface area contributed by atoms with Crippen LogP contribution in [0.5, 0.6) is 11.5 Å². The molecule has 5 rings (SSSR count). The minimum atomic E-state index is -0.921. The molecule has 1 N–H and O–H groups in total. The van der Waals surface area contributed by atoms with E-state index in [1.165, 1.54) is 16.2 Å². The number of anilines is 1. The van der Waals surface area contributed by atoms with Gasteiger partial charge in [-0.15, -0.1) is 0 Å². The van der Waals surface area contributed by atoms with Crippen LogP contribution in [0, 0.1) is 27.7 Å². The third-order valence-electron chi connectivity index (χ3n) is 7.63. The Morgan fingerprint density at radius 2 is 1.74 bits per heavy atom. The molecule has 0 aliphatic carbocycles. The largest absolute Gasteiger partial charge is 0.507 e. The molecule has 7 nitrogen and oxygen atoms in total. The Bertz CT molecular complexity index is 1720. The summed E-state index contributed by atoms with van der Waals surface area (Å²) in [6.07, 6.45) is 3.07. The number of thiazole rings is 1. The fraction of sp³-hybridized carbons (Fsp3) is 0.324. The van der Waals surface area contributed by atoms with Crippen molar-refractivity contribution < 1.29 is 24.2 Å². The number of carbonyl (C=O) groups is 2. The molecule has 1 unspecified atom stereocenters. The second kappa shape index (κ2) is 12.0. The Hall–Kier alpha value is -4.17. The first kappa shape index (κ1) is 29.3. The van der Waals surface area contributed by atoms with Crippen molar-refractivity contribution in [2.45, 2.75) is 59.9 Å². The maximum Gasteiger partial charge on any atom is 0.301 e. The molecule has 2 heterocycles. The number of amides is 1.